The highest BCUT2D eigenvalue weighted by Gasteiger charge is 2.13. The van der Waals surface area contributed by atoms with Gasteiger partial charge in [-0.2, -0.15) is 0 Å². The molecule has 0 aromatic heterocycles. The van der Waals surface area contributed by atoms with Gasteiger partial charge >= 0.3 is 0 Å². The molecule has 0 aliphatic rings. The average Bonchev–Trinajstić information content (AvgIpc) is 2.46. The van der Waals surface area contributed by atoms with Crippen molar-refractivity contribution in [1.82, 2.24) is 0 Å². The summed E-state index contributed by atoms with van der Waals surface area (Å²) in [5.41, 5.74) is 1.09. The lowest BCUT2D eigenvalue weighted by atomic mass is 10.2. The van der Waals surface area contributed by atoms with Crippen LogP contribution in [0.2, 0.25) is 0 Å². The first kappa shape index (κ1) is 13.8. The van der Waals surface area contributed by atoms with E-state index in [1.165, 1.54) is 18.2 Å². The highest BCUT2D eigenvalue weighted by Crippen LogP contribution is 2.26. The summed E-state index contributed by atoms with van der Waals surface area (Å²) in [5.74, 6) is -0.292. The second-order valence-corrected chi connectivity index (χ2v) is 4.08. The fraction of sp³-hybridized carbons (Fsp3) is 0.143. The molecule has 2 aromatic rings. The van der Waals surface area contributed by atoms with Gasteiger partial charge in [-0.25, -0.2) is 4.39 Å². The Kier molecular flexibility index (Phi) is 4.14. The molecule has 0 bridgehead atoms. The third kappa shape index (κ3) is 3.03. The van der Waals surface area contributed by atoms with E-state index in [-0.39, 0.29) is 18.0 Å². The van der Waals surface area contributed by atoms with Crippen LogP contribution in [0.3, 0.4) is 0 Å². The number of nitrogens with one attached hydrogen (secondary N) is 1. The predicted octanol–water partition coefficient (Wildman–Crippen LogP) is 3.35. The number of nitro groups is 1. The Morgan fingerprint density at radius 3 is 2.70 bits per heavy atom. The maximum atomic E-state index is 13.4. The molecule has 0 fully saturated rings. The van der Waals surface area contributed by atoms with Gasteiger partial charge in [-0.1, -0.05) is 12.1 Å². The molecule has 2 rings (SSSR count). The summed E-state index contributed by atoms with van der Waals surface area (Å²) in [6.45, 7) is 0.133. The van der Waals surface area contributed by atoms with Gasteiger partial charge in [0, 0.05) is 13.1 Å². The summed E-state index contributed by atoms with van der Waals surface area (Å²) in [6.07, 6.45) is 0. The van der Waals surface area contributed by atoms with Gasteiger partial charge in [0.25, 0.3) is 5.69 Å². The molecule has 0 heterocycles. The van der Waals surface area contributed by atoms with Crippen molar-refractivity contribution in [3.63, 3.8) is 0 Å². The Labute approximate surface area is 115 Å². The molecule has 0 saturated carbocycles. The number of para-hydroxylation sites is 1. The molecule has 6 heteroatoms. The molecular formula is C14H13FN2O3. The van der Waals surface area contributed by atoms with Crippen LogP contribution in [0.15, 0.2) is 42.5 Å². The van der Waals surface area contributed by atoms with Crippen LogP contribution >= 0.6 is 0 Å². The minimum atomic E-state index is -0.465. The van der Waals surface area contributed by atoms with Crippen molar-refractivity contribution in [1.29, 1.82) is 0 Å². The topological polar surface area (TPSA) is 64.4 Å². The van der Waals surface area contributed by atoms with E-state index in [2.05, 4.69) is 5.32 Å². The average molecular weight is 276 g/mol. The molecule has 0 unspecified atom stereocenters. The lowest BCUT2D eigenvalue weighted by molar-refractivity contribution is -0.384. The fourth-order valence-electron chi connectivity index (χ4n) is 1.76. The highest BCUT2D eigenvalue weighted by molar-refractivity contribution is 5.62. The number of nitro benzene ring substituents is 1. The van der Waals surface area contributed by atoms with Crippen LogP contribution in [0.4, 0.5) is 15.8 Å². The van der Waals surface area contributed by atoms with Crippen molar-refractivity contribution in [2.45, 2.75) is 6.61 Å². The van der Waals surface area contributed by atoms with Crippen LogP contribution in [0.1, 0.15) is 5.56 Å². The fourth-order valence-corrected chi connectivity index (χ4v) is 1.76. The molecule has 5 nitrogen and oxygen atoms in total. The molecule has 0 spiro atoms. The number of benzene rings is 2. The van der Waals surface area contributed by atoms with Gasteiger partial charge in [0.15, 0.2) is 11.6 Å². The summed E-state index contributed by atoms with van der Waals surface area (Å²) in [5, 5.41) is 13.6. The first-order valence-electron chi connectivity index (χ1n) is 5.94. The molecular weight excluding hydrogens is 263 g/mol. The molecule has 20 heavy (non-hydrogen) atoms. The Bertz CT molecular complexity index is 632. The van der Waals surface area contributed by atoms with E-state index in [0.717, 1.165) is 0 Å². The van der Waals surface area contributed by atoms with Crippen molar-refractivity contribution in [2.75, 3.05) is 12.4 Å². The summed E-state index contributed by atoms with van der Waals surface area (Å²) in [6, 6.07) is 10.7. The van der Waals surface area contributed by atoms with Crippen LogP contribution in [0.25, 0.3) is 0 Å². The van der Waals surface area contributed by atoms with Crippen molar-refractivity contribution in [3.8, 4) is 5.75 Å². The van der Waals surface area contributed by atoms with Gasteiger partial charge in [0.2, 0.25) is 0 Å². The largest absolute Gasteiger partial charge is 0.486 e. The van der Waals surface area contributed by atoms with E-state index in [0.29, 0.717) is 11.3 Å². The van der Waals surface area contributed by atoms with Crippen molar-refractivity contribution < 1.29 is 14.1 Å². The number of anilines is 1. The number of hydrogen-bond acceptors (Lipinski definition) is 4. The van der Waals surface area contributed by atoms with Crippen LogP contribution < -0.4 is 10.1 Å². The highest BCUT2D eigenvalue weighted by atomic mass is 19.1. The lowest BCUT2D eigenvalue weighted by Gasteiger charge is -2.09. The van der Waals surface area contributed by atoms with E-state index < -0.39 is 10.7 Å². The van der Waals surface area contributed by atoms with Gasteiger partial charge in [0.1, 0.15) is 12.3 Å². The Morgan fingerprint density at radius 1 is 1.30 bits per heavy atom. The Balaban J connectivity index is 2.15. The molecule has 1 N–H and O–H groups in total. The van der Waals surface area contributed by atoms with Crippen LogP contribution in [-0.2, 0) is 6.61 Å². The lowest BCUT2D eigenvalue weighted by Crippen LogP contribution is -2.01. The number of rotatable bonds is 5. The van der Waals surface area contributed by atoms with Gasteiger partial charge in [-0.15, -0.1) is 0 Å². The third-order valence-electron chi connectivity index (χ3n) is 2.76. The van der Waals surface area contributed by atoms with Gasteiger partial charge < -0.3 is 10.1 Å². The summed E-state index contributed by atoms with van der Waals surface area (Å²) >= 11 is 0. The number of ether oxygens (including phenoxy) is 1. The van der Waals surface area contributed by atoms with Crippen molar-refractivity contribution >= 4 is 11.4 Å². The first-order chi connectivity index (χ1) is 9.61. The van der Waals surface area contributed by atoms with Crippen LogP contribution in [0.5, 0.6) is 5.75 Å². The predicted molar refractivity (Wildman–Crippen MR) is 73.4 cm³/mol. The zero-order valence-corrected chi connectivity index (χ0v) is 10.8. The standard InChI is InChI=1S/C14H13FN2O3/c1-16-12-8-10(6-7-13(12)17(18)19)9-20-14-5-3-2-4-11(14)15/h2-8,16H,9H2,1H3. The van der Waals surface area contributed by atoms with E-state index >= 15 is 0 Å². The van der Waals surface area contributed by atoms with Gasteiger partial charge in [-0.3, -0.25) is 10.1 Å². The third-order valence-corrected chi connectivity index (χ3v) is 2.76. The van der Waals surface area contributed by atoms with Crippen LogP contribution in [-0.4, -0.2) is 12.0 Å². The molecule has 0 amide bonds. The van der Waals surface area contributed by atoms with E-state index in [1.54, 1.807) is 31.3 Å². The van der Waals surface area contributed by atoms with E-state index in [9.17, 15) is 14.5 Å². The Hall–Kier alpha value is -2.63. The molecule has 0 radical (unpaired) electrons. The maximum Gasteiger partial charge on any atom is 0.292 e. The second-order valence-electron chi connectivity index (χ2n) is 4.08. The van der Waals surface area contributed by atoms with Crippen LogP contribution in [0, 0.1) is 15.9 Å². The molecule has 0 saturated heterocycles. The summed E-state index contributed by atoms with van der Waals surface area (Å²) < 4.78 is 18.7. The number of hydrogen-bond donors (Lipinski definition) is 1. The normalized spacial score (nSPS) is 10.1. The Morgan fingerprint density at radius 2 is 2.05 bits per heavy atom. The SMILES string of the molecule is CNc1cc(COc2ccccc2F)ccc1[N+](=O)[O-]. The maximum absolute atomic E-state index is 13.4. The minimum Gasteiger partial charge on any atom is -0.486 e. The first-order valence-corrected chi connectivity index (χ1v) is 5.94. The van der Waals surface area contributed by atoms with Gasteiger partial charge in [-0.05, 0) is 29.8 Å². The smallest absolute Gasteiger partial charge is 0.292 e. The molecule has 104 valence electrons. The van der Waals surface area contributed by atoms with Gasteiger partial charge in [0.05, 0.1) is 4.92 Å². The van der Waals surface area contributed by atoms with Crippen molar-refractivity contribution in [2.24, 2.45) is 0 Å². The molecule has 2 aromatic carbocycles. The van der Waals surface area contributed by atoms with E-state index in [4.69, 9.17) is 4.74 Å². The summed E-state index contributed by atoms with van der Waals surface area (Å²) in [7, 11) is 1.60. The monoisotopic (exact) mass is 276 g/mol. The minimum absolute atomic E-state index is 0.0119. The summed E-state index contributed by atoms with van der Waals surface area (Å²) in [4.78, 5) is 10.3. The molecule has 0 aliphatic carbocycles. The second kappa shape index (κ2) is 6.01. The number of nitrogens with zero attached hydrogens (tertiary/aromatic N) is 1. The molecule has 0 atom stereocenters. The molecule has 0 aliphatic heterocycles. The zero-order chi connectivity index (χ0) is 14.5. The van der Waals surface area contributed by atoms with E-state index in [1.807, 2.05) is 0 Å². The van der Waals surface area contributed by atoms with Crippen molar-refractivity contribution in [3.05, 3.63) is 64.0 Å². The quantitative estimate of drug-likeness (QED) is 0.671. The number of halogens is 1. The zero-order valence-electron chi connectivity index (χ0n) is 10.8.